The minimum atomic E-state index is -2.45. The van der Waals surface area contributed by atoms with Crippen LogP contribution in [0.2, 0.25) is 0 Å². The minimum Gasteiger partial charge on any atom is -0.466 e. The molecule has 0 aromatic rings. The summed E-state index contributed by atoms with van der Waals surface area (Å²) in [7, 11) is 0.968. The highest BCUT2D eigenvalue weighted by Crippen LogP contribution is 2.21. The monoisotopic (exact) mass is 330 g/mol. The summed E-state index contributed by atoms with van der Waals surface area (Å²) in [5.74, 6) is -5.60. The van der Waals surface area contributed by atoms with E-state index in [1.54, 1.807) is 6.92 Å². The highest BCUT2D eigenvalue weighted by atomic mass is 16.6. The standard InChI is InChI=1S/C14H18O9/c1-5-14(12(18)20-4,13(19)22-9(3)15)23-11(17)8-7-10(16)21-6-2/h7-8H,5-6H2,1-4H3. The minimum absolute atomic E-state index is 0.101. The first-order valence-electron chi connectivity index (χ1n) is 6.62. The van der Waals surface area contributed by atoms with Gasteiger partial charge in [-0.05, 0) is 6.92 Å². The molecule has 0 aromatic heterocycles. The number of hydrogen-bond donors (Lipinski definition) is 0. The highest BCUT2D eigenvalue weighted by molar-refractivity contribution is 6.08. The zero-order valence-electron chi connectivity index (χ0n) is 13.2. The van der Waals surface area contributed by atoms with Gasteiger partial charge in [-0.2, -0.15) is 0 Å². The fourth-order valence-corrected chi connectivity index (χ4v) is 1.44. The summed E-state index contributed by atoms with van der Waals surface area (Å²) in [4.78, 5) is 57.5. The smallest absolute Gasteiger partial charge is 0.370 e. The Hall–Kier alpha value is -2.71. The van der Waals surface area contributed by atoms with Gasteiger partial charge in [-0.1, -0.05) is 6.92 Å². The molecule has 0 fully saturated rings. The Labute approximate surface area is 132 Å². The molecule has 1 unspecified atom stereocenters. The van der Waals surface area contributed by atoms with Gasteiger partial charge in [-0.3, -0.25) is 4.79 Å². The van der Waals surface area contributed by atoms with E-state index in [1.807, 2.05) is 0 Å². The Bertz CT molecular complexity index is 520. The summed E-state index contributed by atoms with van der Waals surface area (Å²) in [6.45, 7) is 3.96. The van der Waals surface area contributed by atoms with Crippen LogP contribution >= 0.6 is 0 Å². The largest absolute Gasteiger partial charge is 0.466 e. The molecule has 0 aliphatic carbocycles. The van der Waals surface area contributed by atoms with Gasteiger partial charge in [0, 0.05) is 25.5 Å². The van der Waals surface area contributed by atoms with Crippen LogP contribution < -0.4 is 0 Å². The van der Waals surface area contributed by atoms with Crippen molar-refractivity contribution >= 4 is 29.8 Å². The van der Waals surface area contributed by atoms with Gasteiger partial charge >= 0.3 is 35.4 Å². The van der Waals surface area contributed by atoms with Crippen LogP contribution in [-0.2, 0) is 42.9 Å². The first-order chi connectivity index (χ1) is 10.7. The number of carbonyl (C=O) groups excluding carboxylic acids is 5. The van der Waals surface area contributed by atoms with E-state index in [2.05, 4.69) is 14.2 Å². The number of ether oxygens (including phenoxy) is 4. The van der Waals surface area contributed by atoms with Crippen LogP contribution in [0.1, 0.15) is 27.2 Å². The number of hydrogen-bond acceptors (Lipinski definition) is 9. The maximum absolute atomic E-state index is 11.9. The van der Waals surface area contributed by atoms with E-state index in [4.69, 9.17) is 4.74 Å². The summed E-state index contributed by atoms with van der Waals surface area (Å²) in [6, 6.07) is 0. The molecule has 0 aliphatic rings. The third kappa shape index (κ3) is 5.89. The average molecular weight is 330 g/mol. The molecule has 0 bridgehead atoms. The number of rotatable bonds is 7. The van der Waals surface area contributed by atoms with E-state index >= 15 is 0 Å². The molecule has 1 atom stereocenters. The van der Waals surface area contributed by atoms with Crippen LogP contribution in [-0.4, -0.2) is 49.2 Å². The quantitative estimate of drug-likeness (QED) is 0.276. The topological polar surface area (TPSA) is 122 Å². The van der Waals surface area contributed by atoms with E-state index in [9.17, 15) is 24.0 Å². The first-order valence-corrected chi connectivity index (χ1v) is 6.62. The Balaban J connectivity index is 5.34. The molecule has 0 spiro atoms. The highest BCUT2D eigenvalue weighted by Gasteiger charge is 2.52. The summed E-state index contributed by atoms with van der Waals surface area (Å²) in [5, 5.41) is 0. The molecule has 0 saturated heterocycles. The molecule has 0 radical (unpaired) electrons. The van der Waals surface area contributed by atoms with Crippen LogP contribution in [0.25, 0.3) is 0 Å². The van der Waals surface area contributed by atoms with Crippen molar-refractivity contribution < 1.29 is 42.9 Å². The van der Waals surface area contributed by atoms with Crippen LogP contribution in [0.4, 0.5) is 0 Å². The van der Waals surface area contributed by atoms with E-state index in [0.29, 0.717) is 6.08 Å². The second-order valence-electron chi connectivity index (χ2n) is 4.06. The van der Waals surface area contributed by atoms with Gasteiger partial charge in [0.25, 0.3) is 0 Å². The summed E-state index contributed by atoms with van der Waals surface area (Å²) < 4.78 is 18.1. The Kier molecular flexibility index (Phi) is 8.24. The van der Waals surface area contributed by atoms with Gasteiger partial charge < -0.3 is 18.9 Å². The van der Waals surface area contributed by atoms with Crippen molar-refractivity contribution in [3.05, 3.63) is 12.2 Å². The first kappa shape index (κ1) is 20.3. The Morgan fingerprint density at radius 2 is 1.52 bits per heavy atom. The van der Waals surface area contributed by atoms with Crippen molar-refractivity contribution in [2.45, 2.75) is 32.8 Å². The van der Waals surface area contributed by atoms with E-state index < -0.39 is 35.4 Å². The Morgan fingerprint density at radius 3 is 1.96 bits per heavy atom. The predicted octanol–water partition coefficient (Wildman–Crippen LogP) is 0.0604. The maximum Gasteiger partial charge on any atom is 0.370 e. The number of esters is 5. The summed E-state index contributed by atoms with van der Waals surface area (Å²) in [5.41, 5.74) is -2.45. The number of methoxy groups -OCH3 is 1. The molecule has 9 heteroatoms. The molecule has 23 heavy (non-hydrogen) atoms. The lowest BCUT2D eigenvalue weighted by molar-refractivity contribution is -0.194. The normalized spacial score (nSPS) is 12.9. The molecule has 128 valence electrons. The molecule has 0 saturated carbocycles. The van der Waals surface area contributed by atoms with Crippen molar-refractivity contribution in [1.82, 2.24) is 0 Å². The van der Waals surface area contributed by atoms with Gasteiger partial charge in [0.1, 0.15) is 0 Å². The van der Waals surface area contributed by atoms with Crippen LogP contribution in [0.3, 0.4) is 0 Å². The lowest BCUT2D eigenvalue weighted by atomic mass is 10.0. The lowest BCUT2D eigenvalue weighted by Gasteiger charge is -2.25. The summed E-state index contributed by atoms with van der Waals surface area (Å²) >= 11 is 0. The van der Waals surface area contributed by atoms with E-state index in [0.717, 1.165) is 20.1 Å². The molecule has 0 N–H and O–H groups in total. The zero-order chi connectivity index (χ0) is 18.0. The van der Waals surface area contributed by atoms with E-state index in [-0.39, 0.29) is 13.0 Å². The van der Waals surface area contributed by atoms with Gasteiger partial charge in [0.15, 0.2) is 0 Å². The van der Waals surface area contributed by atoms with Crippen molar-refractivity contribution in [2.24, 2.45) is 0 Å². The average Bonchev–Trinajstić information content (AvgIpc) is 2.49. The number of carbonyl (C=O) groups is 5. The zero-order valence-corrected chi connectivity index (χ0v) is 13.2. The molecule has 0 aliphatic heterocycles. The van der Waals surface area contributed by atoms with Gasteiger partial charge in [0.05, 0.1) is 13.7 Å². The van der Waals surface area contributed by atoms with Crippen LogP contribution in [0.5, 0.6) is 0 Å². The second kappa shape index (κ2) is 9.34. The second-order valence-corrected chi connectivity index (χ2v) is 4.06. The SMILES string of the molecule is CCOC(=O)C=CC(=O)OC(CC)(C(=O)OC)C(=O)OC(C)=O. The van der Waals surface area contributed by atoms with Crippen LogP contribution in [0.15, 0.2) is 12.2 Å². The fraction of sp³-hybridized carbons (Fsp3) is 0.500. The molecular weight excluding hydrogens is 312 g/mol. The van der Waals surface area contributed by atoms with Gasteiger partial charge in [-0.15, -0.1) is 0 Å². The fourth-order valence-electron chi connectivity index (χ4n) is 1.44. The van der Waals surface area contributed by atoms with Crippen molar-refractivity contribution in [1.29, 1.82) is 0 Å². The van der Waals surface area contributed by atoms with E-state index in [1.165, 1.54) is 6.92 Å². The molecular formula is C14H18O9. The van der Waals surface area contributed by atoms with Crippen molar-refractivity contribution in [3.63, 3.8) is 0 Å². The molecule has 0 rings (SSSR count). The van der Waals surface area contributed by atoms with Crippen molar-refractivity contribution in [3.8, 4) is 0 Å². The lowest BCUT2D eigenvalue weighted by Crippen LogP contribution is -2.52. The Morgan fingerprint density at radius 1 is 0.957 bits per heavy atom. The van der Waals surface area contributed by atoms with Crippen LogP contribution in [0, 0.1) is 0 Å². The third-order valence-corrected chi connectivity index (χ3v) is 2.50. The maximum atomic E-state index is 11.9. The van der Waals surface area contributed by atoms with Crippen molar-refractivity contribution in [2.75, 3.05) is 13.7 Å². The molecule has 9 nitrogen and oxygen atoms in total. The molecule has 0 aromatic carbocycles. The van der Waals surface area contributed by atoms with Gasteiger partial charge in [-0.25, -0.2) is 19.2 Å². The molecule has 0 amide bonds. The summed E-state index contributed by atoms with van der Waals surface area (Å²) in [6.07, 6.45) is 1.09. The predicted molar refractivity (Wildman–Crippen MR) is 73.7 cm³/mol. The third-order valence-electron chi connectivity index (χ3n) is 2.50. The molecule has 0 heterocycles. The van der Waals surface area contributed by atoms with Gasteiger partial charge in [0.2, 0.25) is 0 Å².